The van der Waals surface area contributed by atoms with Crippen LogP contribution in [0.1, 0.15) is 40.7 Å². The summed E-state index contributed by atoms with van der Waals surface area (Å²) in [6.45, 7) is 3.03. The zero-order valence-corrected chi connectivity index (χ0v) is 16.7. The Labute approximate surface area is 169 Å². The average Bonchev–Trinajstić information content (AvgIpc) is 3.32. The molecule has 0 radical (unpaired) electrons. The molecule has 0 unspecified atom stereocenters. The standard InChI is InChI=1S/C23H24FN3O2/c1-3-29-17-13-11-16(12-14-17)15-26(2)23(28)22-18-7-6-10-20(18)27(25-22)21-9-5-4-8-19(21)24/h4-5,8-9,11-14H,3,6-7,10,15H2,1-2H3. The second-order valence-electron chi connectivity index (χ2n) is 7.23. The van der Waals surface area contributed by atoms with Crippen LogP contribution in [0.2, 0.25) is 0 Å². The van der Waals surface area contributed by atoms with Gasteiger partial charge in [-0.2, -0.15) is 5.10 Å². The van der Waals surface area contributed by atoms with Crippen molar-refractivity contribution in [2.75, 3.05) is 13.7 Å². The fraction of sp³-hybridized carbons (Fsp3) is 0.304. The smallest absolute Gasteiger partial charge is 0.274 e. The maximum Gasteiger partial charge on any atom is 0.274 e. The molecule has 150 valence electrons. The van der Waals surface area contributed by atoms with Crippen molar-refractivity contribution in [1.29, 1.82) is 0 Å². The number of hydrogen-bond donors (Lipinski definition) is 0. The summed E-state index contributed by atoms with van der Waals surface area (Å²) in [5.41, 5.74) is 3.70. The highest BCUT2D eigenvalue weighted by molar-refractivity contribution is 5.94. The van der Waals surface area contributed by atoms with E-state index in [0.29, 0.717) is 24.5 Å². The number of nitrogens with zero attached hydrogens (tertiary/aromatic N) is 3. The van der Waals surface area contributed by atoms with Crippen LogP contribution in [0.4, 0.5) is 4.39 Å². The van der Waals surface area contributed by atoms with E-state index in [1.165, 1.54) is 6.07 Å². The van der Waals surface area contributed by atoms with Crippen LogP contribution in [0.25, 0.3) is 5.69 Å². The number of amides is 1. The number of fused-ring (bicyclic) bond motifs is 1. The first-order chi connectivity index (χ1) is 14.1. The molecular formula is C23H24FN3O2. The minimum atomic E-state index is -0.341. The summed E-state index contributed by atoms with van der Waals surface area (Å²) in [4.78, 5) is 14.8. The van der Waals surface area contributed by atoms with Gasteiger partial charge in [0.25, 0.3) is 5.91 Å². The summed E-state index contributed by atoms with van der Waals surface area (Å²) in [5, 5.41) is 4.53. The predicted octanol–water partition coefficient (Wildman–Crippen LogP) is 4.17. The van der Waals surface area contributed by atoms with Gasteiger partial charge in [-0.1, -0.05) is 24.3 Å². The van der Waals surface area contributed by atoms with E-state index in [1.807, 2.05) is 31.2 Å². The highest BCUT2D eigenvalue weighted by Gasteiger charge is 2.29. The lowest BCUT2D eigenvalue weighted by Gasteiger charge is -2.17. The fourth-order valence-corrected chi connectivity index (χ4v) is 3.82. The van der Waals surface area contributed by atoms with E-state index in [2.05, 4.69) is 5.10 Å². The van der Waals surface area contributed by atoms with Gasteiger partial charge in [0, 0.05) is 24.8 Å². The summed E-state index contributed by atoms with van der Waals surface area (Å²) >= 11 is 0. The first kappa shape index (κ1) is 19.2. The molecule has 0 spiro atoms. The minimum absolute atomic E-state index is 0.146. The van der Waals surface area contributed by atoms with Gasteiger partial charge in [0.15, 0.2) is 5.69 Å². The summed E-state index contributed by atoms with van der Waals surface area (Å²) in [6, 6.07) is 14.3. The van der Waals surface area contributed by atoms with Crippen molar-refractivity contribution in [1.82, 2.24) is 14.7 Å². The zero-order valence-electron chi connectivity index (χ0n) is 16.7. The van der Waals surface area contributed by atoms with Crippen LogP contribution < -0.4 is 4.74 Å². The molecule has 1 amide bonds. The monoisotopic (exact) mass is 393 g/mol. The second kappa shape index (κ2) is 8.07. The highest BCUT2D eigenvalue weighted by atomic mass is 19.1. The van der Waals surface area contributed by atoms with Crippen LogP contribution in [-0.2, 0) is 19.4 Å². The molecule has 1 aromatic heterocycles. The number of halogens is 1. The largest absolute Gasteiger partial charge is 0.494 e. The first-order valence-electron chi connectivity index (χ1n) is 9.91. The molecule has 0 aliphatic heterocycles. The molecule has 6 heteroatoms. The van der Waals surface area contributed by atoms with E-state index in [4.69, 9.17) is 4.74 Å². The van der Waals surface area contributed by atoms with Crippen molar-refractivity contribution in [2.45, 2.75) is 32.7 Å². The van der Waals surface area contributed by atoms with Gasteiger partial charge in [0.05, 0.1) is 6.61 Å². The number of rotatable bonds is 6. The number of aromatic nitrogens is 2. The van der Waals surface area contributed by atoms with E-state index >= 15 is 0 Å². The summed E-state index contributed by atoms with van der Waals surface area (Å²) < 4.78 is 21.4. The number of para-hydroxylation sites is 1. The van der Waals surface area contributed by atoms with Gasteiger partial charge in [-0.05, 0) is 56.0 Å². The first-order valence-corrected chi connectivity index (χ1v) is 9.91. The van der Waals surface area contributed by atoms with Crippen LogP contribution in [0.15, 0.2) is 48.5 Å². The fourth-order valence-electron chi connectivity index (χ4n) is 3.82. The van der Waals surface area contributed by atoms with Gasteiger partial charge in [-0.3, -0.25) is 4.79 Å². The molecule has 4 rings (SSSR count). The molecule has 1 heterocycles. The van der Waals surface area contributed by atoms with E-state index in [1.54, 1.807) is 34.8 Å². The molecular weight excluding hydrogens is 369 g/mol. The van der Waals surface area contributed by atoms with E-state index in [0.717, 1.165) is 41.8 Å². The topological polar surface area (TPSA) is 47.4 Å². The van der Waals surface area contributed by atoms with Crippen LogP contribution in [-0.4, -0.2) is 34.2 Å². The molecule has 1 aliphatic rings. The normalized spacial score (nSPS) is 12.7. The summed E-state index contributed by atoms with van der Waals surface area (Å²) in [7, 11) is 1.77. The van der Waals surface area contributed by atoms with Crippen molar-refractivity contribution in [2.24, 2.45) is 0 Å². The maximum atomic E-state index is 14.3. The molecule has 0 fully saturated rings. The Hall–Kier alpha value is -3.15. The second-order valence-corrected chi connectivity index (χ2v) is 7.23. The Morgan fingerprint density at radius 3 is 2.66 bits per heavy atom. The highest BCUT2D eigenvalue weighted by Crippen LogP contribution is 2.29. The van der Waals surface area contributed by atoms with Crippen LogP contribution >= 0.6 is 0 Å². The lowest BCUT2D eigenvalue weighted by atomic mass is 10.1. The number of hydrogen-bond acceptors (Lipinski definition) is 3. The van der Waals surface area contributed by atoms with E-state index < -0.39 is 0 Å². The van der Waals surface area contributed by atoms with Gasteiger partial charge in [0.2, 0.25) is 0 Å². The molecule has 29 heavy (non-hydrogen) atoms. The number of ether oxygens (including phenoxy) is 1. The summed E-state index contributed by atoms with van der Waals surface area (Å²) in [5.74, 6) is 0.324. The SMILES string of the molecule is CCOc1ccc(CN(C)C(=O)c2nn(-c3ccccc3F)c3c2CCC3)cc1. The third kappa shape index (κ3) is 3.75. The van der Waals surface area contributed by atoms with Crippen LogP contribution in [0.5, 0.6) is 5.75 Å². The lowest BCUT2D eigenvalue weighted by molar-refractivity contribution is 0.0777. The maximum absolute atomic E-state index is 14.3. The van der Waals surface area contributed by atoms with E-state index in [-0.39, 0.29) is 11.7 Å². The molecule has 2 aromatic carbocycles. The van der Waals surface area contributed by atoms with E-state index in [9.17, 15) is 9.18 Å². The average molecular weight is 393 g/mol. The number of carbonyl (C=O) groups is 1. The third-order valence-electron chi connectivity index (χ3n) is 5.21. The molecule has 0 atom stereocenters. The Kier molecular flexibility index (Phi) is 5.34. The Morgan fingerprint density at radius 1 is 1.17 bits per heavy atom. The molecule has 0 saturated carbocycles. The van der Waals surface area contributed by atoms with Gasteiger partial charge >= 0.3 is 0 Å². The van der Waals surface area contributed by atoms with Crippen molar-refractivity contribution < 1.29 is 13.9 Å². The van der Waals surface area contributed by atoms with Crippen molar-refractivity contribution >= 4 is 5.91 Å². The quantitative estimate of drug-likeness (QED) is 0.631. The molecule has 0 bridgehead atoms. The van der Waals surface area contributed by atoms with Crippen molar-refractivity contribution in [3.05, 3.63) is 76.9 Å². The predicted molar refractivity (Wildman–Crippen MR) is 109 cm³/mol. The van der Waals surface area contributed by atoms with Crippen molar-refractivity contribution in [3.63, 3.8) is 0 Å². The molecule has 5 nitrogen and oxygen atoms in total. The van der Waals surface area contributed by atoms with Crippen molar-refractivity contribution in [3.8, 4) is 11.4 Å². The number of carbonyl (C=O) groups excluding carboxylic acids is 1. The van der Waals surface area contributed by atoms with Crippen LogP contribution in [0.3, 0.4) is 0 Å². The molecule has 0 N–H and O–H groups in total. The minimum Gasteiger partial charge on any atom is -0.494 e. The summed E-state index contributed by atoms with van der Waals surface area (Å²) in [6.07, 6.45) is 2.54. The molecule has 3 aromatic rings. The zero-order chi connectivity index (χ0) is 20.4. The Balaban J connectivity index is 1.59. The van der Waals surface area contributed by atoms with Gasteiger partial charge in [0.1, 0.15) is 17.3 Å². The van der Waals surface area contributed by atoms with Gasteiger partial charge in [-0.25, -0.2) is 9.07 Å². The lowest BCUT2D eigenvalue weighted by Crippen LogP contribution is -2.27. The molecule has 1 aliphatic carbocycles. The Morgan fingerprint density at radius 2 is 1.93 bits per heavy atom. The molecule has 0 saturated heterocycles. The third-order valence-corrected chi connectivity index (χ3v) is 5.21. The van der Waals surface area contributed by atoms with Gasteiger partial charge < -0.3 is 9.64 Å². The van der Waals surface area contributed by atoms with Gasteiger partial charge in [-0.15, -0.1) is 0 Å². The number of benzene rings is 2. The van der Waals surface area contributed by atoms with Crippen LogP contribution in [0, 0.1) is 5.82 Å². The Bertz CT molecular complexity index is 1030.